The molecule has 162 valence electrons. The van der Waals surface area contributed by atoms with Crippen LogP contribution in [0.15, 0.2) is 6.20 Å². The minimum Gasteiger partial charge on any atom is -0.466 e. The van der Waals surface area contributed by atoms with Crippen molar-refractivity contribution < 1.29 is 14.3 Å². The number of anilines is 1. The van der Waals surface area contributed by atoms with Gasteiger partial charge in [-0.15, -0.1) is 11.3 Å². The van der Waals surface area contributed by atoms with Gasteiger partial charge in [-0.1, -0.05) is 26.2 Å². The highest BCUT2D eigenvalue weighted by molar-refractivity contribution is 7.15. The Balaban J connectivity index is 1.61. The third-order valence-electron chi connectivity index (χ3n) is 6.23. The van der Waals surface area contributed by atoms with Gasteiger partial charge in [0.15, 0.2) is 5.13 Å². The molecule has 0 saturated heterocycles. The molecule has 0 aromatic carbocycles. The van der Waals surface area contributed by atoms with Crippen molar-refractivity contribution in [3.8, 4) is 0 Å². The Bertz CT molecular complexity index is 664. The fourth-order valence-electron chi connectivity index (χ4n) is 4.60. The summed E-state index contributed by atoms with van der Waals surface area (Å²) in [6, 6.07) is 0.700. The van der Waals surface area contributed by atoms with Gasteiger partial charge in [0.2, 0.25) is 0 Å². The first-order chi connectivity index (χ1) is 14.1. The molecule has 1 heterocycles. The first-order valence-corrected chi connectivity index (χ1v) is 12.1. The zero-order valence-corrected chi connectivity index (χ0v) is 18.6. The molecular weight excluding hydrogens is 386 g/mol. The second kappa shape index (κ2) is 11.0. The van der Waals surface area contributed by atoms with Crippen LogP contribution < -0.4 is 5.32 Å². The zero-order chi connectivity index (χ0) is 20.6. The SMILES string of the molecule is CCOC(=O)CCc1cnc(NC(=O)N(C2CCCCC2)C2CCC(C)CC2)s1. The van der Waals surface area contributed by atoms with E-state index in [1.165, 1.54) is 43.4 Å². The van der Waals surface area contributed by atoms with Gasteiger partial charge in [-0.2, -0.15) is 0 Å². The fraction of sp³-hybridized carbons (Fsp3) is 0.773. The molecule has 2 saturated carbocycles. The first-order valence-electron chi connectivity index (χ1n) is 11.3. The number of nitrogens with zero attached hydrogens (tertiary/aromatic N) is 2. The minimum atomic E-state index is -0.193. The second-order valence-corrected chi connectivity index (χ2v) is 9.59. The summed E-state index contributed by atoms with van der Waals surface area (Å²) in [6.45, 7) is 4.53. The summed E-state index contributed by atoms with van der Waals surface area (Å²) >= 11 is 1.45. The van der Waals surface area contributed by atoms with Crippen molar-refractivity contribution >= 4 is 28.5 Å². The van der Waals surface area contributed by atoms with Crippen LogP contribution in [0.2, 0.25) is 0 Å². The van der Waals surface area contributed by atoms with Crippen molar-refractivity contribution in [2.75, 3.05) is 11.9 Å². The number of aryl methyl sites for hydroxylation is 1. The highest BCUT2D eigenvalue weighted by Crippen LogP contribution is 2.33. The first kappa shape index (κ1) is 22.1. The molecule has 0 atom stereocenters. The third kappa shape index (κ3) is 6.43. The van der Waals surface area contributed by atoms with E-state index in [0.717, 1.165) is 36.5 Å². The lowest BCUT2D eigenvalue weighted by Gasteiger charge is -2.42. The van der Waals surface area contributed by atoms with Gasteiger partial charge in [0.1, 0.15) is 0 Å². The molecule has 1 N–H and O–H groups in total. The molecule has 1 aromatic heterocycles. The van der Waals surface area contributed by atoms with Gasteiger partial charge in [-0.25, -0.2) is 9.78 Å². The number of thiazole rings is 1. The number of carbonyl (C=O) groups is 2. The molecule has 0 unspecified atom stereocenters. The number of carbonyl (C=O) groups excluding carboxylic acids is 2. The molecule has 29 heavy (non-hydrogen) atoms. The number of nitrogens with one attached hydrogen (secondary N) is 1. The van der Waals surface area contributed by atoms with Crippen molar-refractivity contribution in [3.05, 3.63) is 11.1 Å². The predicted octanol–water partition coefficient (Wildman–Crippen LogP) is 5.38. The van der Waals surface area contributed by atoms with E-state index >= 15 is 0 Å². The van der Waals surface area contributed by atoms with Crippen molar-refractivity contribution in [2.45, 2.75) is 96.6 Å². The summed E-state index contributed by atoms with van der Waals surface area (Å²) in [4.78, 5) is 32.3. The molecule has 3 rings (SSSR count). The molecule has 0 spiro atoms. The summed E-state index contributed by atoms with van der Waals surface area (Å²) in [5.74, 6) is 0.574. The van der Waals surface area contributed by atoms with Crippen LogP contribution in [0.25, 0.3) is 0 Å². The molecule has 7 heteroatoms. The van der Waals surface area contributed by atoms with Crippen molar-refractivity contribution in [2.24, 2.45) is 5.92 Å². The largest absolute Gasteiger partial charge is 0.466 e. The average molecular weight is 422 g/mol. The normalized spacial score (nSPS) is 22.8. The van der Waals surface area contributed by atoms with E-state index < -0.39 is 0 Å². The summed E-state index contributed by atoms with van der Waals surface area (Å²) in [5, 5.41) is 3.68. The highest BCUT2D eigenvalue weighted by atomic mass is 32.1. The summed E-state index contributed by atoms with van der Waals surface area (Å²) < 4.78 is 4.98. The monoisotopic (exact) mass is 421 g/mol. The molecule has 0 radical (unpaired) electrons. The van der Waals surface area contributed by atoms with Gasteiger partial charge >= 0.3 is 12.0 Å². The van der Waals surface area contributed by atoms with Crippen LogP contribution in [-0.2, 0) is 16.0 Å². The Labute approximate surface area is 178 Å². The Morgan fingerprint density at radius 2 is 1.83 bits per heavy atom. The van der Waals surface area contributed by atoms with E-state index in [-0.39, 0.29) is 12.0 Å². The number of hydrogen-bond donors (Lipinski definition) is 1. The summed E-state index contributed by atoms with van der Waals surface area (Å²) in [5.41, 5.74) is 0. The third-order valence-corrected chi connectivity index (χ3v) is 7.20. The molecular formula is C22H35N3O3S. The van der Waals surface area contributed by atoms with Crippen LogP contribution in [0.1, 0.15) is 82.9 Å². The molecule has 2 amide bonds. The summed E-state index contributed by atoms with van der Waals surface area (Å²) in [7, 11) is 0. The quantitative estimate of drug-likeness (QED) is 0.600. The van der Waals surface area contributed by atoms with Crippen LogP contribution >= 0.6 is 11.3 Å². The summed E-state index contributed by atoms with van der Waals surface area (Å²) in [6.07, 6.45) is 13.3. The van der Waals surface area contributed by atoms with Crippen LogP contribution in [0, 0.1) is 5.92 Å². The van der Waals surface area contributed by atoms with Gasteiger partial charge in [0.05, 0.1) is 13.0 Å². The maximum atomic E-state index is 13.3. The number of rotatable bonds is 7. The minimum absolute atomic E-state index is 0.00254. The molecule has 2 fully saturated rings. The number of aromatic nitrogens is 1. The van der Waals surface area contributed by atoms with Gasteiger partial charge in [-0.3, -0.25) is 10.1 Å². The average Bonchev–Trinajstić information content (AvgIpc) is 3.16. The topological polar surface area (TPSA) is 71.5 Å². The predicted molar refractivity (Wildman–Crippen MR) is 116 cm³/mol. The van der Waals surface area contributed by atoms with E-state index in [0.29, 0.717) is 36.7 Å². The molecule has 0 aliphatic heterocycles. The number of urea groups is 1. The van der Waals surface area contributed by atoms with E-state index in [4.69, 9.17) is 4.74 Å². The van der Waals surface area contributed by atoms with E-state index in [9.17, 15) is 9.59 Å². The van der Waals surface area contributed by atoms with Crippen molar-refractivity contribution in [1.29, 1.82) is 0 Å². The van der Waals surface area contributed by atoms with Gasteiger partial charge in [-0.05, 0) is 57.8 Å². The Hall–Kier alpha value is -1.63. The Morgan fingerprint density at radius 3 is 2.52 bits per heavy atom. The lowest BCUT2D eigenvalue weighted by molar-refractivity contribution is -0.143. The number of ether oxygens (including phenoxy) is 1. The van der Waals surface area contributed by atoms with E-state index in [1.807, 2.05) is 6.92 Å². The maximum Gasteiger partial charge on any atom is 0.324 e. The number of amides is 2. The van der Waals surface area contributed by atoms with Crippen molar-refractivity contribution in [1.82, 2.24) is 9.88 Å². The molecule has 2 aliphatic rings. The smallest absolute Gasteiger partial charge is 0.324 e. The number of esters is 1. The van der Waals surface area contributed by atoms with Gasteiger partial charge in [0.25, 0.3) is 0 Å². The van der Waals surface area contributed by atoms with Crippen LogP contribution in [0.4, 0.5) is 9.93 Å². The molecule has 6 nitrogen and oxygen atoms in total. The Morgan fingerprint density at radius 1 is 1.14 bits per heavy atom. The van der Waals surface area contributed by atoms with E-state index in [1.54, 1.807) is 6.20 Å². The number of hydrogen-bond acceptors (Lipinski definition) is 5. The fourth-order valence-corrected chi connectivity index (χ4v) is 5.41. The van der Waals surface area contributed by atoms with Gasteiger partial charge in [0, 0.05) is 23.2 Å². The second-order valence-electron chi connectivity index (χ2n) is 8.48. The highest BCUT2D eigenvalue weighted by Gasteiger charge is 2.34. The lowest BCUT2D eigenvalue weighted by Crippen LogP contribution is -2.51. The Kier molecular flexibility index (Phi) is 8.33. The van der Waals surface area contributed by atoms with Crippen LogP contribution in [-0.4, -0.2) is 40.6 Å². The molecule has 1 aromatic rings. The molecule has 0 bridgehead atoms. The maximum absolute atomic E-state index is 13.3. The van der Waals surface area contributed by atoms with Gasteiger partial charge < -0.3 is 9.64 Å². The zero-order valence-electron chi connectivity index (χ0n) is 17.8. The standard InChI is InChI=1S/C22H35N3O3S/c1-3-28-20(26)14-13-19-15-23-21(29-19)24-22(27)25(17-7-5-4-6-8-17)18-11-9-16(2)10-12-18/h15-18H,3-14H2,1-2H3,(H,23,24,27). The van der Waals surface area contributed by atoms with E-state index in [2.05, 4.69) is 22.1 Å². The lowest BCUT2D eigenvalue weighted by atomic mass is 9.84. The molecule has 2 aliphatic carbocycles. The van der Waals surface area contributed by atoms with Crippen molar-refractivity contribution in [3.63, 3.8) is 0 Å². The van der Waals surface area contributed by atoms with Crippen LogP contribution in [0.5, 0.6) is 0 Å². The van der Waals surface area contributed by atoms with Crippen LogP contribution in [0.3, 0.4) is 0 Å².